The summed E-state index contributed by atoms with van der Waals surface area (Å²) in [6.45, 7) is 11.6. The molecule has 1 heterocycles. The molecule has 0 saturated carbocycles. The molecule has 1 saturated heterocycles. The quantitative estimate of drug-likeness (QED) is 0.788. The van der Waals surface area contributed by atoms with E-state index in [9.17, 15) is 9.59 Å². The summed E-state index contributed by atoms with van der Waals surface area (Å²) in [4.78, 5) is 25.6. The number of nitrogens with one attached hydrogen (secondary N) is 1. The molecule has 0 aliphatic carbocycles. The molecule has 1 amide bonds. The van der Waals surface area contributed by atoms with E-state index in [4.69, 9.17) is 9.47 Å². The van der Waals surface area contributed by atoms with Gasteiger partial charge in [-0.25, -0.2) is 4.79 Å². The van der Waals surface area contributed by atoms with Gasteiger partial charge >= 0.3 is 12.1 Å². The third-order valence-electron chi connectivity index (χ3n) is 3.57. The molecule has 1 aliphatic rings. The second-order valence-corrected chi connectivity index (χ2v) is 6.85. The second kappa shape index (κ2) is 8.36. The van der Waals surface area contributed by atoms with E-state index in [0.717, 1.165) is 19.4 Å². The Hall–Kier alpha value is -1.30. The van der Waals surface area contributed by atoms with E-state index in [-0.39, 0.29) is 18.6 Å². The van der Waals surface area contributed by atoms with Gasteiger partial charge in [-0.1, -0.05) is 13.3 Å². The molecule has 1 N–H and O–H groups in total. The van der Waals surface area contributed by atoms with Crippen LogP contribution in [0.1, 0.15) is 47.5 Å². The molecular formula is C16H30N2O4. The number of alkyl carbamates (subject to hydrolysis) is 1. The van der Waals surface area contributed by atoms with Crippen molar-refractivity contribution in [1.29, 1.82) is 0 Å². The number of likely N-dealkylation sites (tertiary alicyclic amines) is 1. The van der Waals surface area contributed by atoms with Crippen LogP contribution in [0.5, 0.6) is 0 Å². The summed E-state index contributed by atoms with van der Waals surface area (Å²) in [6, 6.07) is 0.00276. The van der Waals surface area contributed by atoms with Gasteiger partial charge in [0.1, 0.15) is 5.60 Å². The minimum absolute atomic E-state index is 0.00276. The number of ether oxygens (including phenoxy) is 2. The number of carbonyl (C=O) groups is 2. The highest BCUT2D eigenvalue weighted by molar-refractivity contribution is 5.71. The van der Waals surface area contributed by atoms with Crippen molar-refractivity contribution in [2.45, 2.75) is 59.1 Å². The number of rotatable bonds is 5. The summed E-state index contributed by atoms with van der Waals surface area (Å²) >= 11 is 0. The summed E-state index contributed by atoms with van der Waals surface area (Å²) in [5.74, 6) is 0.249. The largest absolute Gasteiger partial charge is 0.465 e. The van der Waals surface area contributed by atoms with Crippen molar-refractivity contribution in [2.75, 3.05) is 26.2 Å². The maximum Gasteiger partial charge on any atom is 0.407 e. The van der Waals surface area contributed by atoms with E-state index >= 15 is 0 Å². The highest BCUT2D eigenvalue weighted by atomic mass is 16.6. The number of esters is 1. The molecule has 0 aromatic carbocycles. The van der Waals surface area contributed by atoms with Crippen molar-refractivity contribution in [2.24, 2.45) is 5.92 Å². The van der Waals surface area contributed by atoms with Gasteiger partial charge in [0.2, 0.25) is 0 Å². The van der Waals surface area contributed by atoms with Gasteiger partial charge in [0, 0.05) is 19.1 Å². The Morgan fingerprint density at radius 3 is 2.45 bits per heavy atom. The number of amides is 1. The first kappa shape index (κ1) is 18.7. The Bertz CT molecular complexity index is 379. The Balaban J connectivity index is 2.55. The van der Waals surface area contributed by atoms with E-state index in [1.54, 1.807) is 6.92 Å². The van der Waals surface area contributed by atoms with Gasteiger partial charge in [-0.15, -0.1) is 0 Å². The average Bonchev–Trinajstić information content (AvgIpc) is 2.35. The van der Waals surface area contributed by atoms with Gasteiger partial charge in [-0.2, -0.15) is 0 Å². The SMILES string of the molecule is CCOC(=O)CN1CC(CC)CC(NC(=O)OC(C)(C)C)C1. The van der Waals surface area contributed by atoms with Crippen molar-refractivity contribution >= 4 is 12.1 Å². The zero-order valence-electron chi connectivity index (χ0n) is 14.5. The van der Waals surface area contributed by atoms with Crippen molar-refractivity contribution < 1.29 is 19.1 Å². The molecule has 1 rings (SSSR count). The lowest BCUT2D eigenvalue weighted by atomic mass is 9.92. The van der Waals surface area contributed by atoms with Crippen molar-refractivity contribution in [3.63, 3.8) is 0 Å². The lowest BCUT2D eigenvalue weighted by molar-refractivity contribution is -0.145. The summed E-state index contributed by atoms with van der Waals surface area (Å²) in [6.07, 6.45) is 1.53. The van der Waals surface area contributed by atoms with Crippen LogP contribution in [0, 0.1) is 5.92 Å². The molecule has 0 spiro atoms. The van der Waals surface area contributed by atoms with Gasteiger partial charge in [-0.3, -0.25) is 9.69 Å². The first-order valence-electron chi connectivity index (χ1n) is 8.11. The second-order valence-electron chi connectivity index (χ2n) is 6.85. The van der Waals surface area contributed by atoms with E-state index < -0.39 is 11.7 Å². The van der Waals surface area contributed by atoms with Gasteiger partial charge < -0.3 is 14.8 Å². The Kier molecular flexibility index (Phi) is 7.13. The first-order chi connectivity index (χ1) is 10.2. The van der Waals surface area contributed by atoms with Crippen LogP contribution in [0.15, 0.2) is 0 Å². The molecule has 0 aromatic heterocycles. The topological polar surface area (TPSA) is 67.9 Å². The van der Waals surface area contributed by atoms with Gasteiger partial charge in [-0.05, 0) is 40.0 Å². The van der Waals surface area contributed by atoms with E-state index in [0.29, 0.717) is 19.1 Å². The Morgan fingerprint density at radius 1 is 1.23 bits per heavy atom. The van der Waals surface area contributed by atoms with Crippen LogP contribution in [0.2, 0.25) is 0 Å². The number of hydrogen-bond donors (Lipinski definition) is 1. The zero-order valence-corrected chi connectivity index (χ0v) is 14.5. The van der Waals surface area contributed by atoms with Crippen LogP contribution in [0.25, 0.3) is 0 Å². The lowest BCUT2D eigenvalue weighted by Crippen LogP contribution is -2.52. The number of piperidine rings is 1. The van der Waals surface area contributed by atoms with Gasteiger partial charge in [0.15, 0.2) is 0 Å². The maximum atomic E-state index is 11.9. The van der Waals surface area contributed by atoms with Crippen LogP contribution >= 0.6 is 0 Å². The smallest absolute Gasteiger partial charge is 0.407 e. The molecule has 1 aliphatic heterocycles. The zero-order chi connectivity index (χ0) is 16.8. The number of nitrogens with zero attached hydrogens (tertiary/aromatic N) is 1. The lowest BCUT2D eigenvalue weighted by Gasteiger charge is -2.37. The average molecular weight is 314 g/mol. The van der Waals surface area contributed by atoms with Gasteiger partial charge in [0.05, 0.1) is 13.2 Å². The van der Waals surface area contributed by atoms with Crippen molar-refractivity contribution in [1.82, 2.24) is 10.2 Å². The first-order valence-corrected chi connectivity index (χ1v) is 8.11. The minimum atomic E-state index is -0.506. The number of carbonyl (C=O) groups excluding carboxylic acids is 2. The fourth-order valence-corrected chi connectivity index (χ4v) is 2.70. The normalized spacial score (nSPS) is 23.0. The fourth-order valence-electron chi connectivity index (χ4n) is 2.70. The predicted octanol–water partition coefficient (Wildman–Crippen LogP) is 2.17. The van der Waals surface area contributed by atoms with Crippen molar-refractivity contribution in [3.8, 4) is 0 Å². The molecule has 0 bridgehead atoms. The fraction of sp³-hybridized carbons (Fsp3) is 0.875. The summed E-state index contributed by atoms with van der Waals surface area (Å²) in [5.41, 5.74) is -0.506. The third-order valence-corrected chi connectivity index (χ3v) is 3.57. The molecule has 1 fully saturated rings. The molecule has 0 aromatic rings. The van der Waals surface area contributed by atoms with E-state index in [2.05, 4.69) is 17.1 Å². The van der Waals surface area contributed by atoms with E-state index in [1.165, 1.54) is 0 Å². The highest BCUT2D eigenvalue weighted by Crippen LogP contribution is 2.20. The van der Waals surface area contributed by atoms with Gasteiger partial charge in [0.25, 0.3) is 0 Å². The standard InChI is InChI=1S/C16H30N2O4/c1-6-12-8-13(17-15(20)22-16(3,4)5)10-18(9-12)11-14(19)21-7-2/h12-13H,6-11H2,1-5H3,(H,17,20). The third kappa shape index (κ3) is 7.11. The van der Waals surface area contributed by atoms with Crippen LogP contribution < -0.4 is 5.32 Å². The monoisotopic (exact) mass is 314 g/mol. The summed E-state index contributed by atoms with van der Waals surface area (Å²) in [7, 11) is 0. The summed E-state index contributed by atoms with van der Waals surface area (Å²) < 4.78 is 10.3. The highest BCUT2D eigenvalue weighted by Gasteiger charge is 2.29. The van der Waals surface area contributed by atoms with Crippen molar-refractivity contribution in [3.05, 3.63) is 0 Å². The molecule has 128 valence electrons. The molecule has 6 nitrogen and oxygen atoms in total. The maximum absolute atomic E-state index is 11.9. The molecular weight excluding hydrogens is 284 g/mol. The molecule has 22 heavy (non-hydrogen) atoms. The Labute approximate surface area is 133 Å². The van der Waals surface area contributed by atoms with Crippen LogP contribution in [-0.2, 0) is 14.3 Å². The molecule has 2 unspecified atom stereocenters. The minimum Gasteiger partial charge on any atom is -0.465 e. The van der Waals surface area contributed by atoms with Crippen LogP contribution in [0.3, 0.4) is 0 Å². The molecule has 0 radical (unpaired) electrons. The number of hydrogen-bond acceptors (Lipinski definition) is 5. The predicted molar refractivity (Wildman–Crippen MR) is 84.6 cm³/mol. The van der Waals surface area contributed by atoms with Crippen LogP contribution in [-0.4, -0.2) is 54.8 Å². The molecule has 6 heteroatoms. The molecule has 2 atom stereocenters. The Morgan fingerprint density at radius 2 is 1.91 bits per heavy atom. The van der Waals surface area contributed by atoms with Crippen LogP contribution in [0.4, 0.5) is 4.79 Å². The van der Waals surface area contributed by atoms with E-state index in [1.807, 2.05) is 20.8 Å². The summed E-state index contributed by atoms with van der Waals surface area (Å²) in [5, 5.41) is 2.92.